The van der Waals surface area contributed by atoms with E-state index in [0.29, 0.717) is 26.2 Å². The first-order valence-electron chi connectivity index (χ1n) is 6.45. The monoisotopic (exact) mass is 358 g/mol. The van der Waals surface area contributed by atoms with E-state index in [9.17, 15) is 8.78 Å². The molecule has 1 fully saturated rings. The van der Waals surface area contributed by atoms with E-state index in [1.54, 1.807) is 4.90 Å². The van der Waals surface area contributed by atoms with E-state index >= 15 is 0 Å². The van der Waals surface area contributed by atoms with E-state index in [1.807, 2.05) is 0 Å². The van der Waals surface area contributed by atoms with Crippen LogP contribution in [0, 0.1) is 0 Å². The number of benzene rings is 1. The number of hydrogen-bond acceptors (Lipinski definition) is 3. The molecule has 0 aromatic heterocycles. The average Bonchev–Trinajstić information content (AvgIpc) is 2.48. The van der Waals surface area contributed by atoms with Crippen LogP contribution in [0.1, 0.15) is 11.6 Å². The van der Waals surface area contributed by atoms with Crippen molar-refractivity contribution in [2.75, 3.05) is 32.8 Å². The zero-order valence-corrected chi connectivity index (χ0v) is 13.3. The molecule has 0 radical (unpaired) electrons. The van der Waals surface area contributed by atoms with Crippen molar-refractivity contribution < 1.29 is 13.9 Å². The van der Waals surface area contributed by atoms with Crippen LogP contribution in [0.3, 0.4) is 0 Å². The van der Waals surface area contributed by atoms with Gasteiger partial charge in [-0.25, -0.2) is 8.78 Å². The van der Waals surface area contributed by atoms with Crippen LogP contribution in [0.4, 0.5) is 8.78 Å². The number of alkyl halides is 2. The summed E-state index contributed by atoms with van der Waals surface area (Å²) in [6, 6.07) is 1.48. The second-order valence-corrected chi connectivity index (χ2v) is 6.06. The summed E-state index contributed by atoms with van der Waals surface area (Å²) < 4.78 is 28.6. The predicted octanol–water partition coefficient (Wildman–Crippen LogP) is 3.22. The van der Waals surface area contributed by atoms with Gasteiger partial charge in [0.25, 0.3) is 5.92 Å². The Kier molecular flexibility index (Phi) is 5.68. The first-order valence-corrected chi connectivity index (χ1v) is 7.58. The molecule has 118 valence electrons. The molecule has 3 nitrogen and oxygen atoms in total. The number of piperazine rings is 1. The van der Waals surface area contributed by atoms with E-state index in [1.165, 1.54) is 12.1 Å². The van der Waals surface area contributed by atoms with Crippen molar-refractivity contribution in [3.8, 4) is 0 Å². The van der Waals surface area contributed by atoms with Crippen LogP contribution in [0.25, 0.3) is 0 Å². The van der Waals surface area contributed by atoms with Gasteiger partial charge in [-0.3, -0.25) is 4.90 Å². The number of nitrogens with one attached hydrogen (secondary N) is 1. The summed E-state index contributed by atoms with van der Waals surface area (Å²) in [5, 5.41) is 12.5. The Bertz CT molecular complexity index is 510. The Morgan fingerprint density at radius 2 is 1.76 bits per heavy atom. The average molecular weight is 360 g/mol. The lowest BCUT2D eigenvalue weighted by Gasteiger charge is -2.39. The molecule has 2 rings (SSSR count). The van der Waals surface area contributed by atoms with Crippen molar-refractivity contribution in [3.05, 3.63) is 32.8 Å². The first kappa shape index (κ1) is 17.2. The number of halogens is 5. The van der Waals surface area contributed by atoms with Gasteiger partial charge in [0.1, 0.15) is 12.6 Å². The Morgan fingerprint density at radius 1 is 1.19 bits per heavy atom. The number of aliphatic hydroxyl groups excluding tert-OH is 1. The van der Waals surface area contributed by atoms with Gasteiger partial charge in [0.2, 0.25) is 0 Å². The van der Waals surface area contributed by atoms with Crippen molar-refractivity contribution in [2.45, 2.75) is 12.0 Å². The highest BCUT2D eigenvalue weighted by Gasteiger charge is 2.46. The molecular formula is C13H15Cl3F2N2O. The van der Waals surface area contributed by atoms with Crippen LogP contribution in [0.2, 0.25) is 15.1 Å². The second-order valence-electron chi connectivity index (χ2n) is 4.86. The van der Waals surface area contributed by atoms with Gasteiger partial charge in [-0.15, -0.1) is 0 Å². The molecule has 1 atom stereocenters. The predicted molar refractivity (Wildman–Crippen MR) is 80.7 cm³/mol. The van der Waals surface area contributed by atoms with Crippen LogP contribution in [0.15, 0.2) is 12.1 Å². The quantitative estimate of drug-likeness (QED) is 0.810. The molecule has 21 heavy (non-hydrogen) atoms. The van der Waals surface area contributed by atoms with Crippen LogP contribution in [0.5, 0.6) is 0 Å². The molecule has 1 heterocycles. The van der Waals surface area contributed by atoms with E-state index in [0.717, 1.165) is 0 Å². The van der Waals surface area contributed by atoms with Crippen molar-refractivity contribution in [1.29, 1.82) is 0 Å². The Hall–Kier alpha value is -0.170. The van der Waals surface area contributed by atoms with Gasteiger partial charge in [0, 0.05) is 36.8 Å². The molecular weight excluding hydrogens is 345 g/mol. The van der Waals surface area contributed by atoms with E-state index in [-0.39, 0.29) is 20.6 Å². The van der Waals surface area contributed by atoms with Gasteiger partial charge in [-0.1, -0.05) is 34.8 Å². The molecule has 0 saturated carbocycles. The molecule has 0 bridgehead atoms. The second kappa shape index (κ2) is 6.94. The molecule has 1 aliphatic heterocycles. The Morgan fingerprint density at radius 3 is 2.33 bits per heavy atom. The largest absolute Gasteiger partial charge is 0.390 e. The van der Waals surface area contributed by atoms with Crippen LogP contribution >= 0.6 is 34.8 Å². The normalized spacial score (nSPS) is 18.8. The fraction of sp³-hybridized carbons (Fsp3) is 0.538. The summed E-state index contributed by atoms with van der Waals surface area (Å²) >= 11 is 18.1. The maximum atomic E-state index is 14.3. The summed E-state index contributed by atoms with van der Waals surface area (Å²) in [5.74, 6) is -3.38. The Balaban J connectivity index is 2.52. The first-order chi connectivity index (χ1) is 9.88. The number of rotatable bonds is 4. The third-order valence-electron chi connectivity index (χ3n) is 3.48. The molecule has 1 saturated heterocycles. The topological polar surface area (TPSA) is 35.5 Å². The zero-order valence-electron chi connectivity index (χ0n) is 11.1. The van der Waals surface area contributed by atoms with Crippen molar-refractivity contribution >= 4 is 34.8 Å². The molecule has 0 spiro atoms. The van der Waals surface area contributed by atoms with Crippen LogP contribution in [-0.4, -0.2) is 48.7 Å². The highest BCUT2D eigenvalue weighted by molar-refractivity contribution is 6.44. The summed E-state index contributed by atoms with van der Waals surface area (Å²) in [6.45, 7) is 0.668. The van der Waals surface area contributed by atoms with Crippen molar-refractivity contribution in [1.82, 2.24) is 10.2 Å². The highest BCUT2D eigenvalue weighted by Crippen LogP contribution is 2.44. The third-order valence-corrected chi connectivity index (χ3v) is 4.63. The minimum absolute atomic E-state index is 0.000763. The molecule has 0 aliphatic carbocycles. The Labute approximate surface area is 136 Å². The number of nitrogens with zero attached hydrogens (tertiary/aromatic N) is 1. The maximum absolute atomic E-state index is 14.3. The van der Waals surface area contributed by atoms with Gasteiger partial charge in [-0.05, 0) is 12.1 Å². The van der Waals surface area contributed by atoms with Gasteiger partial charge in [0.15, 0.2) is 0 Å². The fourth-order valence-electron chi connectivity index (χ4n) is 2.48. The molecule has 1 aromatic rings. The van der Waals surface area contributed by atoms with Gasteiger partial charge >= 0.3 is 0 Å². The molecule has 0 amide bonds. The SMILES string of the molecule is OCC(F)(F)[C@@H](c1c(Cl)ccc(Cl)c1Cl)N1CCNCC1. The highest BCUT2D eigenvalue weighted by atomic mass is 35.5. The van der Waals surface area contributed by atoms with Gasteiger partial charge in [0.05, 0.1) is 10.0 Å². The lowest BCUT2D eigenvalue weighted by Crippen LogP contribution is -2.51. The van der Waals surface area contributed by atoms with Crippen LogP contribution < -0.4 is 5.32 Å². The standard InChI is InChI=1S/C13H15Cl3F2N2O/c14-8-1-2-9(15)11(16)10(8)12(13(17,18)7-21)20-5-3-19-4-6-20/h1-2,12,19,21H,3-7H2/t12-/m1/s1. The summed E-state index contributed by atoms with van der Waals surface area (Å²) in [7, 11) is 0. The zero-order chi connectivity index (χ0) is 15.6. The lowest BCUT2D eigenvalue weighted by atomic mass is 9.98. The van der Waals surface area contributed by atoms with E-state index < -0.39 is 18.6 Å². The molecule has 8 heteroatoms. The minimum atomic E-state index is -3.38. The van der Waals surface area contributed by atoms with Crippen LogP contribution in [-0.2, 0) is 0 Å². The lowest BCUT2D eigenvalue weighted by molar-refractivity contribution is -0.118. The summed E-state index contributed by atoms with van der Waals surface area (Å²) in [5.41, 5.74) is 0.0618. The van der Waals surface area contributed by atoms with Crippen molar-refractivity contribution in [2.24, 2.45) is 0 Å². The molecule has 1 aliphatic rings. The van der Waals surface area contributed by atoms with Crippen molar-refractivity contribution in [3.63, 3.8) is 0 Å². The summed E-state index contributed by atoms with van der Waals surface area (Å²) in [4.78, 5) is 1.57. The maximum Gasteiger partial charge on any atom is 0.290 e. The minimum Gasteiger partial charge on any atom is -0.390 e. The van der Waals surface area contributed by atoms with Gasteiger partial charge < -0.3 is 10.4 Å². The number of aliphatic hydroxyl groups is 1. The fourth-order valence-corrected chi connectivity index (χ4v) is 3.22. The third kappa shape index (κ3) is 3.60. The molecule has 2 N–H and O–H groups in total. The summed E-state index contributed by atoms with van der Waals surface area (Å²) in [6.07, 6.45) is 0. The smallest absolute Gasteiger partial charge is 0.290 e. The molecule has 0 unspecified atom stereocenters. The van der Waals surface area contributed by atoms with Gasteiger partial charge in [-0.2, -0.15) is 0 Å². The number of hydrogen-bond donors (Lipinski definition) is 2. The van der Waals surface area contributed by atoms with E-state index in [4.69, 9.17) is 39.9 Å². The van der Waals surface area contributed by atoms with E-state index in [2.05, 4.69) is 5.32 Å². The molecule has 1 aromatic carbocycles.